The molecule has 2 heterocycles. The van der Waals surface area contributed by atoms with Crippen molar-refractivity contribution in [1.82, 2.24) is 14.7 Å². The Hall–Kier alpha value is -4.99. The predicted molar refractivity (Wildman–Crippen MR) is 145 cm³/mol. The highest BCUT2D eigenvalue weighted by atomic mass is 16.6. The van der Waals surface area contributed by atoms with Gasteiger partial charge in [-0.3, -0.25) is 19.7 Å². The van der Waals surface area contributed by atoms with Gasteiger partial charge in [0.2, 0.25) is 0 Å². The number of carbonyl (C=O) groups is 2. The number of hydrogen-bond donors (Lipinski definition) is 2. The second-order valence-electron chi connectivity index (χ2n) is 9.56. The van der Waals surface area contributed by atoms with Crippen LogP contribution >= 0.6 is 0 Å². The number of phenols is 1. The number of anilines is 1. The zero-order valence-electron chi connectivity index (χ0n) is 21.3. The highest BCUT2D eigenvalue weighted by molar-refractivity contribution is 6.03. The Kier molecular flexibility index (Phi) is 7.09. The molecule has 2 N–H and O–H groups in total. The Labute approximate surface area is 224 Å². The average molecular weight is 526 g/mol. The summed E-state index contributed by atoms with van der Waals surface area (Å²) in [7, 11) is 0. The number of para-hydroxylation sites is 1. The van der Waals surface area contributed by atoms with Crippen LogP contribution in [0, 0.1) is 17.0 Å². The van der Waals surface area contributed by atoms with Gasteiger partial charge in [0.05, 0.1) is 27.9 Å². The molecule has 1 aliphatic rings. The molecule has 0 radical (unpaired) electrons. The van der Waals surface area contributed by atoms with Crippen molar-refractivity contribution in [1.29, 1.82) is 0 Å². The maximum absolute atomic E-state index is 13.0. The minimum atomic E-state index is -0.631. The van der Waals surface area contributed by atoms with Crippen molar-refractivity contribution in [2.45, 2.75) is 25.7 Å². The van der Waals surface area contributed by atoms with E-state index in [1.165, 1.54) is 12.1 Å². The Morgan fingerprint density at radius 1 is 1.00 bits per heavy atom. The van der Waals surface area contributed by atoms with Crippen LogP contribution in [0.15, 0.2) is 78.9 Å². The molecule has 1 aliphatic heterocycles. The van der Waals surface area contributed by atoms with E-state index >= 15 is 0 Å². The summed E-state index contributed by atoms with van der Waals surface area (Å²) in [6, 6.07) is 22.4. The van der Waals surface area contributed by atoms with E-state index in [0.29, 0.717) is 24.5 Å². The molecule has 0 aliphatic carbocycles. The van der Waals surface area contributed by atoms with Crippen LogP contribution < -0.4 is 5.32 Å². The van der Waals surface area contributed by atoms with E-state index in [2.05, 4.69) is 10.4 Å². The number of nitrogens with zero attached hydrogens (tertiary/aromatic N) is 4. The molecule has 10 nitrogen and oxygen atoms in total. The minimum absolute atomic E-state index is 0.101. The Bertz CT molecular complexity index is 1520. The van der Waals surface area contributed by atoms with Gasteiger partial charge in [-0.2, -0.15) is 5.10 Å². The average Bonchev–Trinajstić information content (AvgIpc) is 3.35. The third-order valence-corrected chi connectivity index (χ3v) is 6.85. The monoisotopic (exact) mass is 525 g/mol. The SMILES string of the molecule is Cc1cc(C(=O)Nc2ccc(C3CCN(C(=O)c4cc(O)cc([N+](=O)[O-])c4)CC3)cc2)n(-c2ccccc2)n1. The molecule has 10 heteroatoms. The number of likely N-dealkylation sites (tertiary alicyclic amines) is 1. The van der Waals surface area contributed by atoms with Crippen molar-refractivity contribution >= 4 is 23.2 Å². The van der Waals surface area contributed by atoms with Crippen LogP contribution in [-0.4, -0.2) is 49.6 Å². The maximum atomic E-state index is 13.0. The van der Waals surface area contributed by atoms with Gasteiger partial charge >= 0.3 is 0 Å². The van der Waals surface area contributed by atoms with E-state index in [4.69, 9.17) is 0 Å². The first-order chi connectivity index (χ1) is 18.8. The van der Waals surface area contributed by atoms with E-state index in [1.807, 2.05) is 61.5 Å². The number of rotatable bonds is 6. The Balaban J connectivity index is 1.21. The van der Waals surface area contributed by atoms with Gasteiger partial charge in [0.1, 0.15) is 11.4 Å². The lowest BCUT2D eigenvalue weighted by Crippen LogP contribution is -2.37. The molecule has 0 unspecified atom stereocenters. The van der Waals surface area contributed by atoms with E-state index in [9.17, 15) is 24.8 Å². The number of amides is 2. The second kappa shape index (κ2) is 10.8. The van der Waals surface area contributed by atoms with Crippen LogP contribution in [0.25, 0.3) is 5.69 Å². The van der Waals surface area contributed by atoms with Gasteiger partial charge in [-0.15, -0.1) is 0 Å². The molecule has 1 fully saturated rings. The summed E-state index contributed by atoms with van der Waals surface area (Å²) >= 11 is 0. The molecule has 39 heavy (non-hydrogen) atoms. The van der Waals surface area contributed by atoms with Crippen LogP contribution in [0.5, 0.6) is 5.75 Å². The summed E-state index contributed by atoms with van der Waals surface area (Å²) in [6.45, 7) is 2.83. The molecule has 0 atom stereocenters. The topological polar surface area (TPSA) is 131 Å². The number of nitro groups is 1. The first kappa shape index (κ1) is 25.7. The number of benzene rings is 3. The minimum Gasteiger partial charge on any atom is -0.508 e. The lowest BCUT2D eigenvalue weighted by molar-refractivity contribution is -0.385. The van der Waals surface area contributed by atoms with Crippen LogP contribution in [-0.2, 0) is 0 Å². The molecule has 0 spiro atoms. The molecule has 0 saturated carbocycles. The van der Waals surface area contributed by atoms with Crippen molar-refractivity contribution < 1.29 is 19.6 Å². The van der Waals surface area contributed by atoms with Crippen molar-refractivity contribution in [2.75, 3.05) is 18.4 Å². The zero-order valence-corrected chi connectivity index (χ0v) is 21.3. The fourth-order valence-electron chi connectivity index (χ4n) is 4.88. The molecule has 1 saturated heterocycles. The van der Waals surface area contributed by atoms with Crippen molar-refractivity contribution in [3.8, 4) is 11.4 Å². The lowest BCUT2D eigenvalue weighted by atomic mass is 9.89. The molecular weight excluding hydrogens is 498 g/mol. The number of non-ortho nitro benzene ring substituents is 1. The highest BCUT2D eigenvalue weighted by Gasteiger charge is 2.26. The largest absolute Gasteiger partial charge is 0.508 e. The summed E-state index contributed by atoms with van der Waals surface area (Å²) in [5.41, 5.74) is 3.55. The normalized spacial score (nSPS) is 13.7. The summed E-state index contributed by atoms with van der Waals surface area (Å²) in [6.07, 6.45) is 1.46. The van der Waals surface area contributed by atoms with E-state index in [-0.39, 0.29) is 34.7 Å². The number of hydrogen-bond acceptors (Lipinski definition) is 6. The van der Waals surface area contributed by atoms with E-state index < -0.39 is 4.92 Å². The molecule has 1 aromatic heterocycles. The summed E-state index contributed by atoms with van der Waals surface area (Å²) in [5, 5.41) is 28.3. The van der Waals surface area contributed by atoms with E-state index in [1.54, 1.807) is 15.6 Å². The first-order valence-corrected chi connectivity index (χ1v) is 12.6. The van der Waals surface area contributed by atoms with Gasteiger partial charge in [-0.25, -0.2) is 4.68 Å². The van der Waals surface area contributed by atoms with E-state index in [0.717, 1.165) is 35.9 Å². The number of aromatic hydroxyl groups is 1. The Morgan fingerprint density at radius 3 is 2.36 bits per heavy atom. The number of nitro benzene ring substituents is 1. The highest BCUT2D eigenvalue weighted by Crippen LogP contribution is 2.30. The van der Waals surface area contributed by atoms with Crippen LogP contribution in [0.2, 0.25) is 0 Å². The lowest BCUT2D eigenvalue weighted by Gasteiger charge is -2.32. The van der Waals surface area contributed by atoms with Gasteiger partial charge in [0.15, 0.2) is 0 Å². The quantitative estimate of drug-likeness (QED) is 0.267. The number of piperidine rings is 1. The molecule has 0 bridgehead atoms. The molecule has 2 amide bonds. The fourth-order valence-corrected chi connectivity index (χ4v) is 4.88. The zero-order chi connectivity index (χ0) is 27.5. The van der Waals surface area contributed by atoms with Gasteiger partial charge < -0.3 is 15.3 Å². The standard InChI is InChI=1S/C29H27N5O5/c1-19-15-27(33(31-19)24-5-3-2-4-6-24)28(36)30-23-9-7-20(8-10-23)21-11-13-32(14-12-21)29(37)22-16-25(34(38)39)18-26(35)17-22/h2-10,15-18,21,35H,11-14H2,1H3,(H,30,36). The second-order valence-corrected chi connectivity index (χ2v) is 9.56. The number of phenolic OH excluding ortho intramolecular Hbond substituents is 1. The number of aryl methyl sites for hydroxylation is 1. The molecular formula is C29H27N5O5. The predicted octanol–water partition coefficient (Wildman–Crippen LogP) is 5.07. The summed E-state index contributed by atoms with van der Waals surface area (Å²) < 4.78 is 1.63. The Morgan fingerprint density at radius 2 is 1.69 bits per heavy atom. The number of nitrogens with one attached hydrogen (secondary N) is 1. The fraction of sp³-hybridized carbons (Fsp3) is 0.207. The number of carbonyl (C=O) groups excluding carboxylic acids is 2. The maximum Gasteiger partial charge on any atom is 0.274 e. The van der Waals surface area contributed by atoms with Gasteiger partial charge in [-0.1, -0.05) is 30.3 Å². The van der Waals surface area contributed by atoms with Crippen molar-refractivity contribution in [3.05, 3.63) is 111 Å². The van der Waals surface area contributed by atoms with Gasteiger partial charge in [0.25, 0.3) is 17.5 Å². The molecule has 4 aromatic rings. The molecule has 5 rings (SSSR count). The molecule has 3 aromatic carbocycles. The van der Waals surface area contributed by atoms with Crippen LogP contribution in [0.4, 0.5) is 11.4 Å². The third kappa shape index (κ3) is 5.64. The van der Waals surface area contributed by atoms with Gasteiger partial charge in [0, 0.05) is 24.8 Å². The van der Waals surface area contributed by atoms with Crippen LogP contribution in [0.1, 0.15) is 50.9 Å². The summed E-state index contributed by atoms with van der Waals surface area (Å²) in [4.78, 5) is 38.0. The van der Waals surface area contributed by atoms with Gasteiger partial charge in [-0.05, 0) is 67.6 Å². The smallest absolute Gasteiger partial charge is 0.274 e. The number of aromatic nitrogens is 2. The van der Waals surface area contributed by atoms with Crippen LogP contribution in [0.3, 0.4) is 0 Å². The van der Waals surface area contributed by atoms with Crippen molar-refractivity contribution in [2.24, 2.45) is 0 Å². The summed E-state index contributed by atoms with van der Waals surface area (Å²) in [5.74, 6) is -0.671. The molecule has 198 valence electrons. The third-order valence-electron chi connectivity index (χ3n) is 6.85. The first-order valence-electron chi connectivity index (χ1n) is 12.6. The van der Waals surface area contributed by atoms with Crippen molar-refractivity contribution in [3.63, 3.8) is 0 Å².